The minimum absolute atomic E-state index is 0.374. The van der Waals surface area contributed by atoms with Crippen LogP contribution in [0.4, 0.5) is 0 Å². The summed E-state index contributed by atoms with van der Waals surface area (Å²) in [5.74, 6) is 2.99. The lowest BCUT2D eigenvalue weighted by atomic mass is 10.2. The van der Waals surface area contributed by atoms with Crippen molar-refractivity contribution in [2.45, 2.75) is 6.92 Å². The highest BCUT2D eigenvalue weighted by molar-refractivity contribution is 5.56. The molecule has 0 aliphatic heterocycles. The SMILES string of the molecule is COc1ccc(-c2nnc(-c3ccc(C)o3)o2)cc1. The second-order valence-corrected chi connectivity index (χ2v) is 4.05. The number of furan rings is 1. The molecule has 0 saturated heterocycles. The Morgan fingerprint density at radius 3 is 2.26 bits per heavy atom. The fourth-order valence-corrected chi connectivity index (χ4v) is 1.72. The van der Waals surface area contributed by atoms with Crippen LogP contribution in [0.1, 0.15) is 5.76 Å². The third kappa shape index (κ3) is 2.22. The second kappa shape index (κ2) is 4.61. The molecular formula is C14H12N2O3. The largest absolute Gasteiger partial charge is 0.497 e. The summed E-state index contributed by atoms with van der Waals surface area (Å²) >= 11 is 0. The summed E-state index contributed by atoms with van der Waals surface area (Å²) in [6.07, 6.45) is 0. The molecule has 0 N–H and O–H groups in total. The molecule has 0 amide bonds. The van der Waals surface area contributed by atoms with E-state index in [-0.39, 0.29) is 0 Å². The van der Waals surface area contributed by atoms with Crippen molar-refractivity contribution in [2.24, 2.45) is 0 Å². The molecule has 5 heteroatoms. The fourth-order valence-electron chi connectivity index (χ4n) is 1.72. The summed E-state index contributed by atoms with van der Waals surface area (Å²) in [6, 6.07) is 11.1. The number of hydrogen-bond acceptors (Lipinski definition) is 5. The molecule has 0 bridgehead atoms. The van der Waals surface area contributed by atoms with Crippen molar-refractivity contribution in [3.8, 4) is 28.9 Å². The number of ether oxygens (including phenoxy) is 1. The molecule has 3 aromatic rings. The van der Waals surface area contributed by atoms with Crippen LogP contribution in [0.3, 0.4) is 0 Å². The van der Waals surface area contributed by atoms with Crippen molar-refractivity contribution in [3.63, 3.8) is 0 Å². The molecule has 0 aliphatic rings. The van der Waals surface area contributed by atoms with Gasteiger partial charge in [-0.3, -0.25) is 0 Å². The third-order valence-electron chi connectivity index (χ3n) is 2.71. The molecule has 0 unspecified atom stereocenters. The van der Waals surface area contributed by atoms with Gasteiger partial charge in [-0.1, -0.05) is 0 Å². The molecule has 0 aliphatic carbocycles. The van der Waals surface area contributed by atoms with Crippen molar-refractivity contribution in [1.29, 1.82) is 0 Å². The zero-order valence-corrected chi connectivity index (χ0v) is 10.6. The summed E-state index contributed by atoms with van der Waals surface area (Å²) in [7, 11) is 1.62. The number of benzene rings is 1. The van der Waals surface area contributed by atoms with Crippen LogP contribution in [-0.2, 0) is 0 Å². The molecule has 2 heterocycles. The lowest BCUT2D eigenvalue weighted by molar-refractivity contribution is 0.415. The average molecular weight is 256 g/mol. The lowest BCUT2D eigenvalue weighted by Crippen LogP contribution is -1.82. The number of methoxy groups -OCH3 is 1. The zero-order chi connectivity index (χ0) is 13.2. The summed E-state index contributed by atoms with van der Waals surface area (Å²) in [6.45, 7) is 1.87. The Hall–Kier alpha value is -2.56. The molecule has 0 spiro atoms. The van der Waals surface area contributed by atoms with Gasteiger partial charge in [-0.25, -0.2) is 0 Å². The van der Waals surface area contributed by atoms with E-state index >= 15 is 0 Å². The van der Waals surface area contributed by atoms with E-state index < -0.39 is 0 Å². The summed E-state index contributed by atoms with van der Waals surface area (Å²) in [4.78, 5) is 0. The van der Waals surface area contributed by atoms with Gasteiger partial charge in [0.15, 0.2) is 5.76 Å². The van der Waals surface area contributed by atoms with Crippen LogP contribution >= 0.6 is 0 Å². The monoisotopic (exact) mass is 256 g/mol. The molecule has 96 valence electrons. The molecular weight excluding hydrogens is 244 g/mol. The van der Waals surface area contributed by atoms with Gasteiger partial charge in [-0.2, -0.15) is 0 Å². The van der Waals surface area contributed by atoms with E-state index in [1.807, 2.05) is 37.3 Å². The van der Waals surface area contributed by atoms with Crippen molar-refractivity contribution in [2.75, 3.05) is 7.11 Å². The van der Waals surface area contributed by atoms with Crippen LogP contribution in [0.15, 0.2) is 45.2 Å². The molecule has 2 aromatic heterocycles. The van der Waals surface area contributed by atoms with Crippen LogP contribution in [-0.4, -0.2) is 17.3 Å². The predicted molar refractivity (Wildman–Crippen MR) is 68.7 cm³/mol. The lowest BCUT2D eigenvalue weighted by Gasteiger charge is -1.99. The first-order chi connectivity index (χ1) is 9.26. The number of nitrogens with zero attached hydrogens (tertiary/aromatic N) is 2. The molecule has 0 saturated carbocycles. The molecule has 1 aromatic carbocycles. The second-order valence-electron chi connectivity index (χ2n) is 4.05. The maximum Gasteiger partial charge on any atom is 0.283 e. The first kappa shape index (κ1) is 11.5. The number of aromatic nitrogens is 2. The highest BCUT2D eigenvalue weighted by Gasteiger charge is 2.13. The summed E-state index contributed by atoms with van der Waals surface area (Å²) in [5.41, 5.74) is 0.836. The van der Waals surface area contributed by atoms with Crippen LogP contribution in [0.25, 0.3) is 23.1 Å². The van der Waals surface area contributed by atoms with E-state index in [2.05, 4.69) is 10.2 Å². The number of aryl methyl sites for hydroxylation is 1. The van der Waals surface area contributed by atoms with Gasteiger partial charge >= 0.3 is 0 Å². The van der Waals surface area contributed by atoms with Gasteiger partial charge in [0.1, 0.15) is 11.5 Å². The van der Waals surface area contributed by atoms with Crippen LogP contribution in [0.2, 0.25) is 0 Å². The normalized spacial score (nSPS) is 10.6. The third-order valence-corrected chi connectivity index (χ3v) is 2.71. The summed E-state index contributed by atoms with van der Waals surface area (Å²) < 4.78 is 16.1. The minimum Gasteiger partial charge on any atom is -0.497 e. The van der Waals surface area contributed by atoms with Gasteiger partial charge in [0.2, 0.25) is 5.89 Å². The highest BCUT2D eigenvalue weighted by Crippen LogP contribution is 2.26. The Balaban J connectivity index is 1.91. The maximum absolute atomic E-state index is 5.59. The average Bonchev–Trinajstić information content (AvgIpc) is 3.07. The molecule has 5 nitrogen and oxygen atoms in total. The fraction of sp³-hybridized carbons (Fsp3) is 0.143. The maximum atomic E-state index is 5.59. The van der Waals surface area contributed by atoms with Gasteiger partial charge in [0, 0.05) is 5.56 Å². The van der Waals surface area contributed by atoms with Crippen molar-refractivity contribution >= 4 is 0 Å². The number of rotatable bonds is 3. The van der Waals surface area contributed by atoms with Gasteiger partial charge in [0.05, 0.1) is 7.11 Å². The molecule has 3 rings (SSSR count). The van der Waals surface area contributed by atoms with Crippen molar-refractivity contribution < 1.29 is 13.6 Å². The Morgan fingerprint density at radius 2 is 1.63 bits per heavy atom. The highest BCUT2D eigenvalue weighted by atomic mass is 16.5. The van der Waals surface area contributed by atoms with Gasteiger partial charge in [-0.15, -0.1) is 10.2 Å². The van der Waals surface area contributed by atoms with E-state index in [9.17, 15) is 0 Å². The van der Waals surface area contributed by atoms with E-state index in [1.165, 1.54) is 0 Å². The van der Waals surface area contributed by atoms with Gasteiger partial charge < -0.3 is 13.6 Å². The zero-order valence-electron chi connectivity index (χ0n) is 10.6. The van der Waals surface area contributed by atoms with Gasteiger partial charge in [-0.05, 0) is 43.3 Å². The quantitative estimate of drug-likeness (QED) is 0.719. The first-order valence-electron chi connectivity index (χ1n) is 5.81. The Labute approximate surface area is 109 Å². The Morgan fingerprint density at radius 1 is 0.895 bits per heavy atom. The topological polar surface area (TPSA) is 61.3 Å². The standard InChI is InChI=1S/C14H12N2O3/c1-9-3-8-12(18-9)14-16-15-13(19-14)10-4-6-11(17-2)7-5-10/h3-8H,1-2H3. The molecule has 19 heavy (non-hydrogen) atoms. The van der Waals surface area contributed by atoms with E-state index in [0.29, 0.717) is 17.5 Å². The van der Waals surface area contributed by atoms with Crippen molar-refractivity contribution in [3.05, 3.63) is 42.2 Å². The first-order valence-corrected chi connectivity index (χ1v) is 5.81. The molecule has 0 radical (unpaired) electrons. The van der Waals surface area contributed by atoms with Crippen LogP contribution in [0, 0.1) is 6.92 Å². The van der Waals surface area contributed by atoms with Crippen LogP contribution < -0.4 is 4.74 Å². The van der Waals surface area contributed by atoms with E-state index in [1.54, 1.807) is 13.2 Å². The Kier molecular flexibility index (Phi) is 2.79. The van der Waals surface area contributed by atoms with E-state index in [4.69, 9.17) is 13.6 Å². The van der Waals surface area contributed by atoms with Crippen LogP contribution in [0.5, 0.6) is 5.75 Å². The Bertz CT molecular complexity index is 683. The van der Waals surface area contributed by atoms with Gasteiger partial charge in [0.25, 0.3) is 5.89 Å². The number of hydrogen-bond donors (Lipinski definition) is 0. The predicted octanol–water partition coefficient (Wildman–Crippen LogP) is 3.31. The van der Waals surface area contributed by atoms with Crippen molar-refractivity contribution in [1.82, 2.24) is 10.2 Å². The summed E-state index contributed by atoms with van der Waals surface area (Å²) in [5, 5.41) is 7.99. The van der Waals surface area contributed by atoms with E-state index in [0.717, 1.165) is 17.1 Å². The minimum atomic E-state index is 0.374. The molecule has 0 atom stereocenters. The smallest absolute Gasteiger partial charge is 0.283 e. The molecule has 0 fully saturated rings.